The zero-order valence-electron chi connectivity index (χ0n) is 15.3. The van der Waals surface area contributed by atoms with Gasteiger partial charge in [0.05, 0.1) is 25.9 Å². The number of piperidine rings is 1. The van der Waals surface area contributed by atoms with Crippen LogP contribution in [-0.4, -0.2) is 49.0 Å². The van der Waals surface area contributed by atoms with Gasteiger partial charge in [0.25, 0.3) is 5.69 Å². The van der Waals surface area contributed by atoms with Crippen LogP contribution in [0.5, 0.6) is 0 Å². The number of hydrogen-bond acceptors (Lipinski definition) is 7. The van der Waals surface area contributed by atoms with E-state index in [0.29, 0.717) is 35.8 Å². The highest BCUT2D eigenvalue weighted by atomic mass is 32.2. The lowest BCUT2D eigenvalue weighted by atomic mass is 10.1. The number of thiazole rings is 1. The van der Waals surface area contributed by atoms with E-state index in [9.17, 15) is 19.1 Å². The van der Waals surface area contributed by atoms with E-state index < -0.39 is 21.3 Å². The molecule has 0 unspecified atom stereocenters. The van der Waals surface area contributed by atoms with Gasteiger partial charge in [-0.2, -0.15) is 0 Å². The maximum Gasteiger partial charge on any atom is 0.410 e. The van der Waals surface area contributed by atoms with Crippen LogP contribution in [0.3, 0.4) is 0 Å². The molecule has 1 aromatic heterocycles. The summed E-state index contributed by atoms with van der Waals surface area (Å²) >= 11 is 1.30. The van der Waals surface area contributed by atoms with E-state index in [1.807, 2.05) is 20.8 Å². The van der Waals surface area contributed by atoms with E-state index in [-0.39, 0.29) is 17.0 Å². The molecule has 8 nitrogen and oxygen atoms in total. The van der Waals surface area contributed by atoms with Crippen LogP contribution < -0.4 is 0 Å². The van der Waals surface area contributed by atoms with Crippen LogP contribution in [-0.2, 0) is 15.5 Å². The minimum Gasteiger partial charge on any atom is -0.444 e. The van der Waals surface area contributed by atoms with Gasteiger partial charge in [-0.15, -0.1) is 11.3 Å². The molecule has 0 aliphatic carbocycles. The molecule has 0 saturated carbocycles. The molecule has 0 N–H and O–H groups in total. The smallest absolute Gasteiger partial charge is 0.410 e. The van der Waals surface area contributed by atoms with Gasteiger partial charge in [-0.05, 0) is 39.7 Å². The summed E-state index contributed by atoms with van der Waals surface area (Å²) in [6.07, 6.45) is 0.850. The van der Waals surface area contributed by atoms with E-state index in [4.69, 9.17) is 4.74 Å². The number of nitro benzene ring substituents is 1. The van der Waals surface area contributed by atoms with E-state index in [1.54, 1.807) is 11.0 Å². The quantitative estimate of drug-likeness (QED) is 0.563. The first-order valence-electron chi connectivity index (χ1n) is 8.57. The van der Waals surface area contributed by atoms with Crippen molar-refractivity contribution in [3.63, 3.8) is 0 Å². The number of fused-ring (bicyclic) bond motifs is 1. The number of nitro groups is 1. The Kier molecular flexibility index (Phi) is 5.48. The van der Waals surface area contributed by atoms with Crippen molar-refractivity contribution >= 4 is 44.1 Å². The zero-order chi connectivity index (χ0) is 19.8. The second-order valence-electron chi connectivity index (χ2n) is 7.35. The third-order valence-electron chi connectivity index (χ3n) is 4.13. The van der Waals surface area contributed by atoms with Gasteiger partial charge >= 0.3 is 6.09 Å². The van der Waals surface area contributed by atoms with Crippen molar-refractivity contribution in [3.05, 3.63) is 28.3 Å². The Morgan fingerprint density at radius 1 is 1.37 bits per heavy atom. The summed E-state index contributed by atoms with van der Waals surface area (Å²) in [5, 5.41) is 10.8. The number of hydrogen-bond donors (Lipinski definition) is 0. The van der Waals surface area contributed by atoms with Crippen molar-refractivity contribution in [2.45, 2.75) is 48.8 Å². The number of carbonyl (C=O) groups is 1. The number of amides is 1. The Morgan fingerprint density at radius 3 is 2.63 bits per heavy atom. The van der Waals surface area contributed by atoms with Gasteiger partial charge in [0.15, 0.2) is 4.34 Å². The fourth-order valence-electron chi connectivity index (χ4n) is 2.82. The Morgan fingerprint density at radius 2 is 2.04 bits per heavy atom. The molecule has 1 aromatic carbocycles. The Balaban J connectivity index is 1.66. The summed E-state index contributed by atoms with van der Waals surface area (Å²) in [4.78, 5) is 28.5. The molecule has 1 saturated heterocycles. The largest absolute Gasteiger partial charge is 0.444 e. The maximum absolute atomic E-state index is 12.9. The second-order valence-corrected chi connectivity index (χ2v) is 10.3. The molecule has 146 valence electrons. The summed E-state index contributed by atoms with van der Waals surface area (Å²) in [6, 6.07) is 4.46. The van der Waals surface area contributed by atoms with Crippen molar-refractivity contribution in [2.75, 3.05) is 13.1 Å². The molecule has 10 heteroatoms. The van der Waals surface area contributed by atoms with Gasteiger partial charge < -0.3 is 9.64 Å². The summed E-state index contributed by atoms with van der Waals surface area (Å²) < 4.78 is 19.5. The number of nitrogens with zero attached hydrogens (tertiary/aromatic N) is 3. The monoisotopic (exact) mass is 411 g/mol. The number of non-ortho nitro benzene ring substituents is 1. The van der Waals surface area contributed by atoms with E-state index in [1.165, 1.54) is 23.5 Å². The molecule has 2 aromatic rings. The number of likely N-dealkylation sites (tertiary alicyclic amines) is 1. The van der Waals surface area contributed by atoms with Crippen LogP contribution in [0, 0.1) is 10.1 Å². The van der Waals surface area contributed by atoms with Crippen molar-refractivity contribution < 1.29 is 18.7 Å². The first kappa shape index (κ1) is 19.7. The summed E-state index contributed by atoms with van der Waals surface area (Å²) in [6.45, 7) is 6.45. The molecular formula is C17H21N3O5S2. The topological polar surface area (TPSA) is 103 Å². The highest BCUT2D eigenvalue weighted by molar-refractivity contribution is 7.88. The lowest BCUT2D eigenvalue weighted by Crippen LogP contribution is -2.43. The number of carbonyl (C=O) groups excluding carboxylic acids is 1. The van der Waals surface area contributed by atoms with Gasteiger partial charge in [0, 0.05) is 30.5 Å². The molecule has 1 aliphatic heterocycles. The van der Waals surface area contributed by atoms with Crippen LogP contribution in [0.25, 0.3) is 10.2 Å². The fraction of sp³-hybridized carbons (Fsp3) is 0.529. The standard InChI is InChI=1S/C17H21N3O5S2/c1-17(2,3)25-16(21)19-8-6-12(7-9-19)27(24)15-18-13-10-11(20(22)23)4-5-14(13)26-15/h4-5,10,12H,6-9H2,1-3H3/t27-/m1/s1. The summed E-state index contributed by atoms with van der Waals surface area (Å²) in [5.41, 5.74) is -0.0834. The molecular weight excluding hydrogens is 390 g/mol. The molecule has 2 heterocycles. The highest BCUT2D eigenvalue weighted by Gasteiger charge is 2.31. The van der Waals surface area contributed by atoms with Crippen molar-refractivity contribution in [1.82, 2.24) is 9.88 Å². The van der Waals surface area contributed by atoms with Crippen LogP contribution in [0.2, 0.25) is 0 Å². The second kappa shape index (κ2) is 7.51. The van der Waals surface area contributed by atoms with E-state index >= 15 is 0 Å². The molecule has 27 heavy (non-hydrogen) atoms. The summed E-state index contributed by atoms with van der Waals surface area (Å²) in [5.74, 6) is 0. The van der Waals surface area contributed by atoms with Crippen molar-refractivity contribution in [3.8, 4) is 0 Å². The average molecular weight is 412 g/mol. The Labute approximate surface area is 163 Å². The molecule has 1 amide bonds. The highest BCUT2D eigenvalue weighted by Crippen LogP contribution is 2.30. The van der Waals surface area contributed by atoms with Gasteiger partial charge in [-0.1, -0.05) is 0 Å². The molecule has 1 atom stereocenters. The first-order chi connectivity index (χ1) is 12.6. The minimum atomic E-state index is -1.31. The van der Waals surface area contributed by atoms with Gasteiger partial charge in [0.1, 0.15) is 5.60 Å². The lowest BCUT2D eigenvalue weighted by molar-refractivity contribution is -0.384. The van der Waals surface area contributed by atoms with Gasteiger partial charge in [-0.3, -0.25) is 14.3 Å². The summed E-state index contributed by atoms with van der Waals surface area (Å²) in [7, 11) is -1.31. The van der Waals surface area contributed by atoms with Gasteiger partial charge in [0.2, 0.25) is 0 Å². The minimum absolute atomic E-state index is 0.0317. The molecule has 0 spiro atoms. The van der Waals surface area contributed by atoms with E-state index in [2.05, 4.69) is 4.98 Å². The number of benzene rings is 1. The number of ether oxygens (including phenoxy) is 1. The predicted molar refractivity (Wildman–Crippen MR) is 104 cm³/mol. The predicted octanol–water partition coefficient (Wildman–Crippen LogP) is 3.71. The third-order valence-corrected chi connectivity index (χ3v) is 7.22. The van der Waals surface area contributed by atoms with Crippen LogP contribution in [0.1, 0.15) is 33.6 Å². The van der Waals surface area contributed by atoms with Crippen LogP contribution in [0.4, 0.5) is 10.5 Å². The van der Waals surface area contributed by atoms with Crippen molar-refractivity contribution in [2.24, 2.45) is 0 Å². The third kappa shape index (κ3) is 4.62. The van der Waals surface area contributed by atoms with Crippen LogP contribution in [0.15, 0.2) is 22.5 Å². The molecule has 1 fully saturated rings. The number of rotatable bonds is 3. The van der Waals surface area contributed by atoms with Crippen LogP contribution >= 0.6 is 11.3 Å². The Bertz CT molecular complexity index is 898. The fourth-order valence-corrected chi connectivity index (χ4v) is 5.61. The lowest BCUT2D eigenvalue weighted by Gasteiger charge is -2.32. The zero-order valence-corrected chi connectivity index (χ0v) is 17.0. The molecule has 0 radical (unpaired) electrons. The molecule has 0 bridgehead atoms. The number of aromatic nitrogens is 1. The molecule has 1 aliphatic rings. The SMILES string of the molecule is CC(C)(C)OC(=O)N1CCC([S@@](=O)c2nc3cc([N+](=O)[O-])ccc3s2)CC1. The molecule has 3 rings (SSSR count). The average Bonchev–Trinajstić information content (AvgIpc) is 3.02. The maximum atomic E-state index is 12.9. The van der Waals surface area contributed by atoms with Crippen molar-refractivity contribution in [1.29, 1.82) is 0 Å². The van der Waals surface area contributed by atoms with Gasteiger partial charge in [-0.25, -0.2) is 9.78 Å². The normalized spacial score (nSPS) is 17.1. The first-order valence-corrected chi connectivity index (χ1v) is 10.6. The van der Waals surface area contributed by atoms with E-state index in [0.717, 1.165) is 4.70 Å². The Hall–Kier alpha value is -2.07.